The van der Waals surface area contributed by atoms with Gasteiger partial charge in [0.05, 0.1) is 6.20 Å². The van der Waals surface area contributed by atoms with Crippen LogP contribution in [0.15, 0.2) is 36.5 Å². The van der Waals surface area contributed by atoms with Gasteiger partial charge in [-0.05, 0) is 18.2 Å². The molecule has 0 radical (unpaired) electrons. The first kappa shape index (κ1) is 15.1. The second-order valence-electron chi connectivity index (χ2n) is 3.84. The Balaban J connectivity index is 2.19. The van der Waals surface area contributed by atoms with Gasteiger partial charge in [-0.1, -0.05) is 6.07 Å². The van der Waals surface area contributed by atoms with Crippen molar-refractivity contribution in [1.82, 2.24) is 9.97 Å². The molecule has 0 saturated heterocycles. The summed E-state index contributed by atoms with van der Waals surface area (Å²) in [5, 5.41) is 0. The summed E-state index contributed by atoms with van der Waals surface area (Å²) < 4.78 is 79.1. The molecule has 0 fully saturated rings. The normalized spacial score (nSPS) is 12.3. The van der Waals surface area contributed by atoms with Crippen LogP contribution in [0, 0.1) is 0 Å². The van der Waals surface area contributed by atoms with Crippen molar-refractivity contribution >= 4 is 0 Å². The minimum Gasteiger partial charge on any atom is -0.437 e. The zero-order chi connectivity index (χ0) is 15.7. The number of pyridine rings is 2. The lowest BCUT2D eigenvalue weighted by molar-refractivity contribution is -0.142. The van der Waals surface area contributed by atoms with Gasteiger partial charge in [0, 0.05) is 6.07 Å². The van der Waals surface area contributed by atoms with Crippen LogP contribution in [0.4, 0.5) is 26.3 Å². The maximum atomic E-state index is 12.4. The Hall–Kier alpha value is -2.32. The molecule has 0 N–H and O–H groups in total. The third-order valence-electron chi connectivity index (χ3n) is 2.26. The van der Waals surface area contributed by atoms with Gasteiger partial charge in [0.15, 0.2) is 0 Å². The predicted molar refractivity (Wildman–Crippen MR) is 58.6 cm³/mol. The first-order chi connectivity index (χ1) is 9.66. The van der Waals surface area contributed by atoms with Gasteiger partial charge >= 0.3 is 12.4 Å². The molecule has 112 valence electrons. The van der Waals surface area contributed by atoms with Gasteiger partial charge in [0.2, 0.25) is 5.88 Å². The number of halogens is 6. The standard InChI is InChI=1S/C12H6F6N2O/c13-11(14,15)8-5-4-7(6-19-8)21-10-3-1-2-9(20-10)12(16,17)18/h1-6H. The van der Waals surface area contributed by atoms with Crippen molar-refractivity contribution < 1.29 is 31.1 Å². The summed E-state index contributed by atoms with van der Waals surface area (Å²) in [5.41, 5.74) is -2.30. The third kappa shape index (κ3) is 3.83. The Morgan fingerprint density at radius 1 is 0.810 bits per heavy atom. The van der Waals surface area contributed by atoms with Gasteiger partial charge in [-0.3, -0.25) is 0 Å². The van der Waals surface area contributed by atoms with E-state index in [2.05, 4.69) is 9.97 Å². The summed E-state index contributed by atoms with van der Waals surface area (Å²) in [4.78, 5) is 6.33. The number of alkyl halides is 6. The first-order valence-electron chi connectivity index (χ1n) is 5.41. The lowest BCUT2D eigenvalue weighted by Crippen LogP contribution is -2.08. The number of aromatic nitrogens is 2. The molecule has 0 aliphatic carbocycles. The van der Waals surface area contributed by atoms with Gasteiger partial charge < -0.3 is 4.74 Å². The second-order valence-corrected chi connectivity index (χ2v) is 3.84. The predicted octanol–water partition coefficient (Wildman–Crippen LogP) is 4.31. The fourth-order valence-corrected chi connectivity index (χ4v) is 1.36. The topological polar surface area (TPSA) is 35.0 Å². The van der Waals surface area contributed by atoms with Crippen LogP contribution in [0.1, 0.15) is 11.4 Å². The van der Waals surface area contributed by atoms with E-state index in [-0.39, 0.29) is 5.75 Å². The third-order valence-corrected chi connectivity index (χ3v) is 2.26. The molecule has 0 aromatic carbocycles. The van der Waals surface area contributed by atoms with Gasteiger partial charge in [-0.25, -0.2) is 9.97 Å². The van der Waals surface area contributed by atoms with Crippen molar-refractivity contribution in [2.24, 2.45) is 0 Å². The van der Waals surface area contributed by atoms with E-state index in [1.165, 1.54) is 0 Å². The molecule has 2 aromatic heterocycles. The van der Waals surface area contributed by atoms with Crippen LogP contribution in [0.25, 0.3) is 0 Å². The Bertz CT molecular complexity index is 621. The van der Waals surface area contributed by atoms with E-state index in [1.807, 2.05) is 0 Å². The second kappa shape index (κ2) is 5.23. The molecule has 0 bridgehead atoms. The molecule has 0 unspecified atom stereocenters. The zero-order valence-corrected chi connectivity index (χ0v) is 10.0. The van der Waals surface area contributed by atoms with E-state index in [9.17, 15) is 26.3 Å². The molecule has 2 heterocycles. The molecule has 0 spiro atoms. The molecule has 2 rings (SSSR count). The fourth-order valence-electron chi connectivity index (χ4n) is 1.36. The van der Waals surface area contributed by atoms with Gasteiger partial charge in [-0.2, -0.15) is 26.3 Å². The van der Waals surface area contributed by atoms with Crippen LogP contribution in [0.5, 0.6) is 11.6 Å². The molecule has 9 heteroatoms. The maximum Gasteiger partial charge on any atom is 0.433 e. The van der Waals surface area contributed by atoms with E-state index in [0.29, 0.717) is 6.07 Å². The Kier molecular flexibility index (Phi) is 3.75. The minimum atomic E-state index is -4.64. The van der Waals surface area contributed by atoms with Crippen LogP contribution in [0.3, 0.4) is 0 Å². The minimum absolute atomic E-state index is 0.158. The smallest absolute Gasteiger partial charge is 0.433 e. The molecule has 21 heavy (non-hydrogen) atoms. The summed E-state index contributed by atoms with van der Waals surface area (Å²) in [7, 11) is 0. The number of hydrogen-bond acceptors (Lipinski definition) is 3. The van der Waals surface area contributed by atoms with Crippen molar-refractivity contribution in [3.05, 3.63) is 47.9 Å². The molecular formula is C12H6F6N2O. The number of nitrogens with zero attached hydrogens (tertiary/aromatic N) is 2. The summed E-state index contributed by atoms with van der Waals surface area (Å²) in [6, 6.07) is 4.56. The summed E-state index contributed by atoms with van der Waals surface area (Å²) >= 11 is 0. The summed E-state index contributed by atoms with van der Waals surface area (Å²) in [5.74, 6) is -0.554. The van der Waals surface area contributed by atoms with Crippen molar-refractivity contribution in [3.8, 4) is 11.6 Å². The van der Waals surface area contributed by atoms with Gasteiger partial charge in [0.1, 0.15) is 17.1 Å². The Morgan fingerprint density at radius 3 is 2.00 bits per heavy atom. The number of ether oxygens (including phenoxy) is 1. The molecule has 0 aliphatic heterocycles. The molecule has 0 atom stereocenters. The monoisotopic (exact) mass is 308 g/mol. The molecule has 0 saturated carbocycles. The largest absolute Gasteiger partial charge is 0.437 e. The van der Waals surface area contributed by atoms with E-state index in [0.717, 1.165) is 30.5 Å². The Labute approximate surface area is 114 Å². The average molecular weight is 308 g/mol. The fraction of sp³-hybridized carbons (Fsp3) is 0.167. The van der Waals surface area contributed by atoms with Gasteiger partial charge in [-0.15, -0.1) is 0 Å². The summed E-state index contributed by atoms with van der Waals surface area (Å²) in [6.45, 7) is 0. The van der Waals surface area contributed by atoms with Crippen molar-refractivity contribution in [2.75, 3.05) is 0 Å². The molecule has 2 aromatic rings. The van der Waals surface area contributed by atoms with Crippen LogP contribution >= 0.6 is 0 Å². The highest BCUT2D eigenvalue weighted by Gasteiger charge is 2.33. The number of rotatable bonds is 2. The average Bonchev–Trinajstić information content (AvgIpc) is 2.37. The molecule has 0 aliphatic rings. The van der Waals surface area contributed by atoms with Crippen LogP contribution in [-0.4, -0.2) is 9.97 Å². The first-order valence-corrected chi connectivity index (χ1v) is 5.41. The Morgan fingerprint density at radius 2 is 1.48 bits per heavy atom. The van der Waals surface area contributed by atoms with Crippen LogP contribution in [0.2, 0.25) is 0 Å². The number of hydrogen-bond donors (Lipinski definition) is 0. The highest BCUT2D eigenvalue weighted by atomic mass is 19.4. The quantitative estimate of drug-likeness (QED) is 0.776. The van der Waals surface area contributed by atoms with Crippen molar-refractivity contribution in [2.45, 2.75) is 12.4 Å². The molecule has 0 amide bonds. The van der Waals surface area contributed by atoms with Crippen molar-refractivity contribution in [1.29, 1.82) is 0 Å². The van der Waals surface area contributed by atoms with Crippen LogP contribution < -0.4 is 4.74 Å². The van der Waals surface area contributed by atoms with E-state index >= 15 is 0 Å². The highest BCUT2D eigenvalue weighted by Crippen LogP contribution is 2.31. The zero-order valence-electron chi connectivity index (χ0n) is 10.0. The lowest BCUT2D eigenvalue weighted by atomic mass is 10.3. The highest BCUT2D eigenvalue weighted by molar-refractivity contribution is 5.27. The van der Waals surface area contributed by atoms with Crippen LogP contribution in [-0.2, 0) is 12.4 Å². The van der Waals surface area contributed by atoms with Crippen molar-refractivity contribution in [3.63, 3.8) is 0 Å². The summed E-state index contributed by atoms with van der Waals surface area (Å²) in [6.07, 6.45) is -8.49. The van der Waals surface area contributed by atoms with Gasteiger partial charge in [0.25, 0.3) is 0 Å². The SMILES string of the molecule is FC(F)(F)c1ccc(Oc2cccc(C(F)(F)F)n2)cn1. The maximum absolute atomic E-state index is 12.4. The lowest BCUT2D eigenvalue weighted by Gasteiger charge is -2.09. The van der Waals surface area contributed by atoms with E-state index in [1.54, 1.807) is 0 Å². The molecule has 3 nitrogen and oxygen atoms in total. The molecular weight excluding hydrogens is 302 g/mol. The van der Waals surface area contributed by atoms with E-state index in [4.69, 9.17) is 4.74 Å². The van der Waals surface area contributed by atoms with E-state index < -0.39 is 29.6 Å².